The summed E-state index contributed by atoms with van der Waals surface area (Å²) in [7, 11) is 0. The van der Waals surface area contributed by atoms with Gasteiger partial charge in [0, 0.05) is 18.4 Å². The molecule has 0 aliphatic carbocycles. The average Bonchev–Trinajstić information content (AvgIpc) is 2.90. The van der Waals surface area contributed by atoms with Gasteiger partial charge in [-0.15, -0.1) is 5.10 Å². The Kier molecular flexibility index (Phi) is 6.21. The molecule has 0 fully saturated rings. The zero-order chi connectivity index (χ0) is 16.7. The van der Waals surface area contributed by atoms with Gasteiger partial charge in [0.05, 0.1) is 11.5 Å². The maximum absolute atomic E-state index is 11.6. The fourth-order valence-electron chi connectivity index (χ4n) is 1.94. The molecule has 0 saturated carbocycles. The summed E-state index contributed by atoms with van der Waals surface area (Å²) in [5.74, 6) is 0.770. The molecule has 0 aliphatic heterocycles. The van der Waals surface area contributed by atoms with Gasteiger partial charge in [-0.25, -0.2) is 9.89 Å². The summed E-state index contributed by atoms with van der Waals surface area (Å²) in [6, 6.07) is 6.24. The van der Waals surface area contributed by atoms with E-state index in [4.69, 9.17) is 4.74 Å². The van der Waals surface area contributed by atoms with E-state index in [9.17, 15) is 14.9 Å². The first-order chi connectivity index (χ1) is 11.1. The van der Waals surface area contributed by atoms with Crippen LogP contribution in [-0.2, 0) is 6.54 Å². The number of nitrogens with one attached hydrogen (secondary N) is 1. The molecule has 124 valence electrons. The van der Waals surface area contributed by atoms with Crippen LogP contribution < -0.4 is 10.4 Å². The second-order valence-electron chi connectivity index (χ2n) is 4.74. The van der Waals surface area contributed by atoms with Gasteiger partial charge in [0.1, 0.15) is 0 Å². The highest BCUT2D eigenvalue weighted by Gasteiger charge is 2.14. The Morgan fingerprint density at radius 3 is 2.96 bits per heavy atom. The van der Waals surface area contributed by atoms with Gasteiger partial charge in [0.15, 0.2) is 10.9 Å². The molecule has 2 aromatic rings. The zero-order valence-electron chi connectivity index (χ0n) is 12.7. The van der Waals surface area contributed by atoms with Crippen molar-refractivity contribution in [2.24, 2.45) is 0 Å². The van der Waals surface area contributed by atoms with Crippen molar-refractivity contribution in [3.63, 3.8) is 0 Å². The van der Waals surface area contributed by atoms with Crippen molar-refractivity contribution < 1.29 is 9.66 Å². The molecule has 0 aliphatic rings. The number of benzene rings is 1. The molecule has 0 spiro atoms. The third-order valence-electron chi connectivity index (χ3n) is 3.09. The fourth-order valence-corrected chi connectivity index (χ4v) is 2.73. The van der Waals surface area contributed by atoms with Crippen LogP contribution in [0.25, 0.3) is 0 Å². The number of para-hydroxylation sites is 2. The number of ether oxygens (including phenoxy) is 1. The summed E-state index contributed by atoms with van der Waals surface area (Å²) >= 11 is 1.38. The molecule has 9 heteroatoms. The van der Waals surface area contributed by atoms with E-state index in [0.717, 1.165) is 12.8 Å². The molecule has 0 bridgehead atoms. The highest BCUT2D eigenvalue weighted by molar-refractivity contribution is 7.99. The smallest absolute Gasteiger partial charge is 0.343 e. The third kappa shape index (κ3) is 4.59. The lowest BCUT2D eigenvalue weighted by molar-refractivity contribution is -0.385. The van der Waals surface area contributed by atoms with Crippen molar-refractivity contribution >= 4 is 17.4 Å². The summed E-state index contributed by atoms with van der Waals surface area (Å²) < 4.78 is 7.06. The molecule has 0 unspecified atom stereocenters. The van der Waals surface area contributed by atoms with E-state index in [0.29, 0.717) is 17.5 Å². The molecular formula is C14H18N4O4S. The number of rotatable bonds is 9. The molecule has 1 heterocycles. The van der Waals surface area contributed by atoms with E-state index < -0.39 is 4.92 Å². The molecule has 8 nitrogen and oxygen atoms in total. The minimum atomic E-state index is -0.474. The molecule has 0 radical (unpaired) electrons. The highest BCUT2D eigenvalue weighted by Crippen LogP contribution is 2.26. The second-order valence-corrected chi connectivity index (χ2v) is 5.80. The Morgan fingerprint density at radius 2 is 2.22 bits per heavy atom. The Morgan fingerprint density at radius 1 is 1.43 bits per heavy atom. The van der Waals surface area contributed by atoms with Gasteiger partial charge < -0.3 is 4.74 Å². The van der Waals surface area contributed by atoms with Gasteiger partial charge in [-0.3, -0.25) is 14.7 Å². The van der Waals surface area contributed by atoms with Gasteiger partial charge in [-0.2, -0.15) is 0 Å². The van der Waals surface area contributed by atoms with Gasteiger partial charge >= 0.3 is 11.4 Å². The average molecular weight is 338 g/mol. The quantitative estimate of drug-likeness (QED) is 0.326. The van der Waals surface area contributed by atoms with Crippen molar-refractivity contribution in [3.05, 3.63) is 44.9 Å². The number of hydrogen-bond acceptors (Lipinski definition) is 6. The number of nitrogens with zero attached hydrogens (tertiary/aromatic N) is 3. The van der Waals surface area contributed by atoms with E-state index in [-0.39, 0.29) is 23.7 Å². The minimum Gasteiger partial charge on any atom is -0.486 e. The number of H-pyrrole nitrogens is 1. The van der Waals surface area contributed by atoms with Gasteiger partial charge in [-0.1, -0.05) is 37.2 Å². The minimum absolute atomic E-state index is 0.0582. The van der Waals surface area contributed by atoms with E-state index >= 15 is 0 Å². The molecule has 2 rings (SSSR count). The number of nitro groups is 1. The number of thioether (sulfide) groups is 1. The molecule has 23 heavy (non-hydrogen) atoms. The fraction of sp³-hybridized carbons (Fsp3) is 0.429. The first-order valence-corrected chi connectivity index (χ1v) is 8.26. The molecule has 1 aromatic carbocycles. The van der Waals surface area contributed by atoms with Crippen LogP contribution in [0.3, 0.4) is 0 Å². The molecule has 1 N–H and O–H groups in total. The van der Waals surface area contributed by atoms with Crippen LogP contribution >= 0.6 is 11.8 Å². The Hall–Kier alpha value is -2.29. The number of nitro benzene ring substituents is 1. The van der Waals surface area contributed by atoms with Crippen LogP contribution in [0.4, 0.5) is 5.69 Å². The van der Waals surface area contributed by atoms with Crippen LogP contribution in [-0.4, -0.2) is 32.0 Å². The summed E-state index contributed by atoms with van der Waals surface area (Å²) in [5, 5.41) is 17.9. The number of unbranched alkanes of at least 4 members (excludes halogenated alkanes) is 1. The van der Waals surface area contributed by atoms with Gasteiger partial charge in [0.2, 0.25) is 0 Å². The van der Waals surface area contributed by atoms with Crippen LogP contribution in [0.5, 0.6) is 5.75 Å². The van der Waals surface area contributed by atoms with E-state index in [1.54, 1.807) is 22.8 Å². The second kappa shape index (κ2) is 8.37. The standard InChI is InChI=1S/C14H18N4O4S/c1-2-3-8-17-13(19)15-16-14(17)23-10-9-22-12-7-5-4-6-11(12)18(20)21/h4-7H,2-3,8-10H2,1H3,(H,15,19). The molecule has 0 atom stereocenters. The first kappa shape index (κ1) is 17.1. The van der Waals surface area contributed by atoms with Crippen LogP contribution in [0.1, 0.15) is 19.8 Å². The zero-order valence-corrected chi connectivity index (χ0v) is 13.5. The van der Waals surface area contributed by atoms with Crippen LogP contribution in [0, 0.1) is 10.1 Å². The lowest BCUT2D eigenvalue weighted by Gasteiger charge is -2.07. The Balaban J connectivity index is 1.89. The SMILES string of the molecule is CCCCn1c(SCCOc2ccccc2[N+](=O)[O-])n[nH]c1=O. The van der Waals surface area contributed by atoms with Gasteiger partial charge in [0.25, 0.3) is 0 Å². The van der Waals surface area contributed by atoms with Crippen molar-refractivity contribution in [3.8, 4) is 5.75 Å². The van der Waals surface area contributed by atoms with Gasteiger partial charge in [-0.05, 0) is 12.5 Å². The Labute approximate surface area is 137 Å². The molecule has 0 saturated heterocycles. The Bertz CT molecular complexity index is 713. The van der Waals surface area contributed by atoms with Crippen molar-refractivity contribution in [2.75, 3.05) is 12.4 Å². The summed E-state index contributed by atoms with van der Waals surface area (Å²) in [6.45, 7) is 2.96. The number of hydrogen-bond donors (Lipinski definition) is 1. The van der Waals surface area contributed by atoms with E-state index in [1.807, 2.05) is 0 Å². The van der Waals surface area contributed by atoms with E-state index in [1.165, 1.54) is 17.8 Å². The van der Waals surface area contributed by atoms with Crippen molar-refractivity contribution in [1.82, 2.24) is 14.8 Å². The molecule has 0 amide bonds. The first-order valence-electron chi connectivity index (χ1n) is 7.27. The van der Waals surface area contributed by atoms with Crippen LogP contribution in [0.2, 0.25) is 0 Å². The predicted molar refractivity (Wildman–Crippen MR) is 87.1 cm³/mol. The largest absolute Gasteiger partial charge is 0.486 e. The lowest BCUT2D eigenvalue weighted by atomic mass is 10.3. The summed E-state index contributed by atoms with van der Waals surface area (Å²) in [4.78, 5) is 22.1. The highest BCUT2D eigenvalue weighted by atomic mass is 32.2. The van der Waals surface area contributed by atoms with Crippen molar-refractivity contribution in [2.45, 2.75) is 31.5 Å². The maximum atomic E-state index is 11.6. The summed E-state index contributed by atoms with van der Waals surface area (Å²) in [6.07, 6.45) is 1.89. The summed E-state index contributed by atoms with van der Waals surface area (Å²) in [5.41, 5.74) is -0.280. The predicted octanol–water partition coefficient (Wildman–Crippen LogP) is 2.45. The molecule has 1 aromatic heterocycles. The topological polar surface area (TPSA) is 103 Å². The van der Waals surface area contributed by atoms with E-state index in [2.05, 4.69) is 17.1 Å². The van der Waals surface area contributed by atoms with Crippen LogP contribution in [0.15, 0.2) is 34.2 Å². The molecular weight excluding hydrogens is 320 g/mol. The number of aromatic amines is 1. The normalized spacial score (nSPS) is 10.7. The third-order valence-corrected chi connectivity index (χ3v) is 4.03. The maximum Gasteiger partial charge on any atom is 0.343 e. The van der Waals surface area contributed by atoms with Crippen molar-refractivity contribution in [1.29, 1.82) is 0 Å². The number of aromatic nitrogens is 3. The monoisotopic (exact) mass is 338 g/mol. The lowest BCUT2D eigenvalue weighted by Crippen LogP contribution is -2.17.